The molecule has 1 aromatic rings. The van der Waals surface area contributed by atoms with Gasteiger partial charge in [-0.1, -0.05) is 25.0 Å². The first kappa shape index (κ1) is 16.7. The molecule has 0 heterocycles. The summed E-state index contributed by atoms with van der Waals surface area (Å²) in [4.78, 5) is 13.8. The SMILES string of the molecule is CN(CC(=O)NC1CCCC1)Cc1ccc(OC(F)F)cc1. The molecule has 0 aromatic heterocycles. The summed E-state index contributed by atoms with van der Waals surface area (Å²) in [5.41, 5.74) is 0.942. The molecule has 122 valence electrons. The molecule has 0 atom stereocenters. The largest absolute Gasteiger partial charge is 0.435 e. The van der Waals surface area contributed by atoms with Gasteiger partial charge in [0.2, 0.25) is 5.91 Å². The standard InChI is InChI=1S/C16H22F2N2O2/c1-20(11-15(21)19-13-4-2-3-5-13)10-12-6-8-14(9-7-12)22-16(17)18/h6-9,13,16H,2-5,10-11H2,1H3,(H,19,21). The van der Waals surface area contributed by atoms with Crippen molar-refractivity contribution < 1.29 is 18.3 Å². The molecule has 0 unspecified atom stereocenters. The number of hydrogen-bond acceptors (Lipinski definition) is 3. The van der Waals surface area contributed by atoms with Crippen LogP contribution >= 0.6 is 0 Å². The molecule has 1 saturated carbocycles. The number of likely N-dealkylation sites (N-methyl/N-ethyl adjacent to an activating group) is 1. The maximum Gasteiger partial charge on any atom is 0.387 e. The predicted octanol–water partition coefficient (Wildman–Crippen LogP) is 2.78. The fraction of sp³-hybridized carbons (Fsp3) is 0.562. The molecule has 0 bridgehead atoms. The fourth-order valence-electron chi connectivity index (χ4n) is 2.73. The lowest BCUT2D eigenvalue weighted by atomic mass is 10.2. The Bertz CT molecular complexity index is 474. The number of alkyl halides is 2. The summed E-state index contributed by atoms with van der Waals surface area (Å²) in [6.07, 6.45) is 4.52. The second-order valence-corrected chi connectivity index (χ2v) is 5.74. The molecule has 22 heavy (non-hydrogen) atoms. The van der Waals surface area contributed by atoms with Crippen molar-refractivity contribution in [1.82, 2.24) is 10.2 Å². The first-order valence-corrected chi connectivity index (χ1v) is 7.54. The Morgan fingerprint density at radius 2 is 1.95 bits per heavy atom. The first-order valence-electron chi connectivity index (χ1n) is 7.54. The monoisotopic (exact) mass is 312 g/mol. The van der Waals surface area contributed by atoms with E-state index in [0.717, 1.165) is 18.4 Å². The van der Waals surface area contributed by atoms with Crippen LogP contribution in [0, 0.1) is 0 Å². The van der Waals surface area contributed by atoms with Crippen molar-refractivity contribution in [2.45, 2.75) is 44.9 Å². The van der Waals surface area contributed by atoms with Gasteiger partial charge in [-0.2, -0.15) is 8.78 Å². The fourth-order valence-corrected chi connectivity index (χ4v) is 2.73. The lowest BCUT2D eigenvalue weighted by Gasteiger charge is -2.18. The van der Waals surface area contributed by atoms with Gasteiger partial charge in [-0.3, -0.25) is 9.69 Å². The van der Waals surface area contributed by atoms with Crippen molar-refractivity contribution in [3.8, 4) is 5.75 Å². The van der Waals surface area contributed by atoms with Gasteiger partial charge < -0.3 is 10.1 Å². The third-order valence-corrected chi connectivity index (χ3v) is 3.73. The average molecular weight is 312 g/mol. The Balaban J connectivity index is 1.75. The van der Waals surface area contributed by atoms with E-state index in [2.05, 4.69) is 10.1 Å². The van der Waals surface area contributed by atoms with Crippen LogP contribution < -0.4 is 10.1 Å². The Morgan fingerprint density at radius 3 is 2.55 bits per heavy atom. The third kappa shape index (κ3) is 5.60. The molecule has 1 aliphatic rings. The van der Waals surface area contributed by atoms with Gasteiger partial charge in [0.25, 0.3) is 0 Å². The van der Waals surface area contributed by atoms with E-state index in [0.29, 0.717) is 19.1 Å². The zero-order valence-electron chi connectivity index (χ0n) is 12.7. The van der Waals surface area contributed by atoms with Crippen LogP contribution in [0.15, 0.2) is 24.3 Å². The van der Waals surface area contributed by atoms with Gasteiger partial charge >= 0.3 is 6.61 Å². The number of ether oxygens (including phenoxy) is 1. The van der Waals surface area contributed by atoms with Crippen molar-refractivity contribution in [2.75, 3.05) is 13.6 Å². The maximum atomic E-state index is 12.1. The van der Waals surface area contributed by atoms with Crippen LogP contribution in [0.3, 0.4) is 0 Å². The molecule has 0 radical (unpaired) electrons. The van der Waals surface area contributed by atoms with Gasteiger partial charge in [-0.25, -0.2) is 0 Å². The van der Waals surface area contributed by atoms with Crippen molar-refractivity contribution in [3.63, 3.8) is 0 Å². The highest BCUT2D eigenvalue weighted by atomic mass is 19.3. The van der Waals surface area contributed by atoms with Crippen LogP contribution in [-0.4, -0.2) is 37.1 Å². The number of rotatable bonds is 7. The van der Waals surface area contributed by atoms with Gasteiger partial charge in [0.1, 0.15) is 5.75 Å². The molecule has 0 spiro atoms. The number of carbonyl (C=O) groups excluding carboxylic acids is 1. The van der Waals surface area contributed by atoms with E-state index in [1.165, 1.54) is 25.0 Å². The lowest BCUT2D eigenvalue weighted by molar-refractivity contribution is -0.122. The lowest BCUT2D eigenvalue weighted by Crippen LogP contribution is -2.39. The summed E-state index contributed by atoms with van der Waals surface area (Å²) in [5, 5.41) is 3.04. The van der Waals surface area contributed by atoms with Crippen LogP contribution in [0.4, 0.5) is 8.78 Å². The van der Waals surface area contributed by atoms with Crippen LogP contribution in [0.2, 0.25) is 0 Å². The molecule has 2 rings (SSSR count). The van der Waals surface area contributed by atoms with E-state index in [4.69, 9.17) is 0 Å². The van der Waals surface area contributed by atoms with E-state index in [1.54, 1.807) is 12.1 Å². The average Bonchev–Trinajstić information content (AvgIpc) is 2.93. The highest BCUT2D eigenvalue weighted by Gasteiger charge is 2.17. The third-order valence-electron chi connectivity index (χ3n) is 3.73. The van der Waals surface area contributed by atoms with Crippen LogP contribution in [-0.2, 0) is 11.3 Å². The summed E-state index contributed by atoms with van der Waals surface area (Å²) >= 11 is 0. The zero-order valence-corrected chi connectivity index (χ0v) is 12.7. The zero-order chi connectivity index (χ0) is 15.9. The Kier molecular flexibility index (Phi) is 6.12. The smallest absolute Gasteiger partial charge is 0.387 e. The quantitative estimate of drug-likeness (QED) is 0.842. The number of nitrogens with one attached hydrogen (secondary N) is 1. The van der Waals surface area contributed by atoms with Crippen molar-refractivity contribution in [1.29, 1.82) is 0 Å². The molecule has 4 nitrogen and oxygen atoms in total. The molecular formula is C16H22F2N2O2. The van der Waals surface area contributed by atoms with Gasteiger partial charge in [0.05, 0.1) is 6.54 Å². The normalized spacial score (nSPS) is 15.5. The number of hydrogen-bond donors (Lipinski definition) is 1. The van der Waals surface area contributed by atoms with Gasteiger partial charge in [-0.05, 0) is 37.6 Å². The molecule has 1 N–H and O–H groups in total. The Labute approximate surface area is 129 Å². The van der Waals surface area contributed by atoms with E-state index >= 15 is 0 Å². The molecule has 1 aromatic carbocycles. The second-order valence-electron chi connectivity index (χ2n) is 5.74. The molecule has 1 fully saturated rings. The topological polar surface area (TPSA) is 41.6 Å². The summed E-state index contributed by atoms with van der Waals surface area (Å²) in [5.74, 6) is 0.174. The molecule has 0 aliphatic heterocycles. The van der Waals surface area contributed by atoms with Gasteiger partial charge in [0.15, 0.2) is 0 Å². The van der Waals surface area contributed by atoms with Crippen LogP contribution in [0.25, 0.3) is 0 Å². The number of halogens is 2. The number of benzene rings is 1. The van der Waals surface area contributed by atoms with Gasteiger partial charge in [-0.15, -0.1) is 0 Å². The molecule has 1 aliphatic carbocycles. The molecule has 0 saturated heterocycles. The summed E-state index contributed by atoms with van der Waals surface area (Å²) in [6.45, 7) is -1.91. The van der Waals surface area contributed by atoms with E-state index < -0.39 is 6.61 Å². The van der Waals surface area contributed by atoms with Crippen LogP contribution in [0.1, 0.15) is 31.2 Å². The van der Waals surface area contributed by atoms with Crippen molar-refractivity contribution >= 4 is 5.91 Å². The van der Waals surface area contributed by atoms with Crippen LogP contribution in [0.5, 0.6) is 5.75 Å². The number of nitrogens with zero attached hydrogens (tertiary/aromatic N) is 1. The minimum absolute atomic E-state index is 0.0343. The molecule has 1 amide bonds. The predicted molar refractivity (Wildman–Crippen MR) is 79.8 cm³/mol. The number of carbonyl (C=O) groups is 1. The highest BCUT2D eigenvalue weighted by Crippen LogP contribution is 2.18. The second kappa shape index (κ2) is 8.08. The highest BCUT2D eigenvalue weighted by molar-refractivity contribution is 5.78. The van der Waals surface area contributed by atoms with Crippen molar-refractivity contribution in [3.05, 3.63) is 29.8 Å². The summed E-state index contributed by atoms with van der Waals surface area (Å²) < 4.78 is 28.4. The van der Waals surface area contributed by atoms with Crippen molar-refractivity contribution in [2.24, 2.45) is 0 Å². The maximum absolute atomic E-state index is 12.1. The molecular weight excluding hydrogens is 290 g/mol. The van der Waals surface area contributed by atoms with Gasteiger partial charge in [0, 0.05) is 12.6 Å². The molecule has 6 heteroatoms. The Morgan fingerprint density at radius 1 is 1.32 bits per heavy atom. The van der Waals surface area contributed by atoms with E-state index in [9.17, 15) is 13.6 Å². The van der Waals surface area contributed by atoms with E-state index in [-0.39, 0.29) is 11.7 Å². The summed E-state index contributed by atoms with van der Waals surface area (Å²) in [7, 11) is 1.86. The Hall–Kier alpha value is -1.69. The summed E-state index contributed by atoms with van der Waals surface area (Å²) in [6, 6.07) is 6.79. The minimum Gasteiger partial charge on any atom is -0.435 e. The first-order chi connectivity index (χ1) is 10.5. The number of amides is 1. The van der Waals surface area contributed by atoms with E-state index in [1.807, 2.05) is 11.9 Å². The minimum atomic E-state index is -2.81.